The smallest absolute Gasteiger partial charge is 0.208 e. The Morgan fingerprint density at radius 3 is 2.89 bits per heavy atom. The molecule has 1 saturated carbocycles. The summed E-state index contributed by atoms with van der Waals surface area (Å²) in [6, 6.07) is 4.86. The summed E-state index contributed by atoms with van der Waals surface area (Å²) in [5, 5.41) is 8.71. The zero-order valence-corrected chi connectivity index (χ0v) is 11.4. The summed E-state index contributed by atoms with van der Waals surface area (Å²) < 4.78 is 39.9. The molecule has 1 fully saturated rings. The molecule has 0 aromatic heterocycles. The molecule has 0 radical (unpaired) electrons. The second-order valence-electron chi connectivity index (χ2n) is 4.77. The van der Waals surface area contributed by atoms with Crippen LogP contribution in [0.3, 0.4) is 0 Å². The van der Waals surface area contributed by atoms with Gasteiger partial charge >= 0.3 is 0 Å². The van der Waals surface area contributed by atoms with Crippen molar-refractivity contribution in [3.63, 3.8) is 0 Å². The molecule has 2 rings (SSSR count). The lowest BCUT2D eigenvalue weighted by Crippen LogP contribution is -2.27. The van der Waals surface area contributed by atoms with Gasteiger partial charge in [-0.3, -0.25) is 0 Å². The summed E-state index contributed by atoms with van der Waals surface area (Å²) in [6.45, 7) is 2.06. The average Bonchev–Trinajstić information content (AvgIpc) is 3.07. The molecule has 0 bridgehead atoms. The molecule has 1 aromatic rings. The first-order chi connectivity index (χ1) is 8.97. The van der Waals surface area contributed by atoms with Gasteiger partial charge in [0.25, 0.3) is 0 Å². The number of nitrogens with zero attached hydrogens (tertiary/aromatic N) is 1. The van der Waals surface area contributed by atoms with Crippen LogP contribution in [0.15, 0.2) is 23.1 Å². The molecule has 1 N–H and O–H groups in total. The fraction of sp³-hybridized carbons (Fsp3) is 0.462. The van der Waals surface area contributed by atoms with Crippen molar-refractivity contribution < 1.29 is 12.8 Å². The van der Waals surface area contributed by atoms with Crippen LogP contribution >= 0.6 is 0 Å². The third-order valence-corrected chi connectivity index (χ3v) is 4.74. The number of nitrogens with one attached hydrogen (secondary N) is 1. The molecule has 0 aliphatic heterocycles. The van der Waals surface area contributed by atoms with Gasteiger partial charge in [0.15, 0.2) is 0 Å². The number of rotatable bonds is 5. The van der Waals surface area contributed by atoms with Crippen LogP contribution in [-0.4, -0.2) is 14.5 Å². The van der Waals surface area contributed by atoms with Crippen LogP contribution in [-0.2, 0) is 10.0 Å². The fourth-order valence-electron chi connectivity index (χ4n) is 2.11. The first kappa shape index (κ1) is 14.0. The first-order valence-electron chi connectivity index (χ1n) is 6.20. The highest BCUT2D eigenvalue weighted by molar-refractivity contribution is 7.89. The lowest BCUT2D eigenvalue weighted by atomic mass is 10.2. The van der Waals surface area contributed by atoms with Gasteiger partial charge in [0.05, 0.1) is 10.5 Å². The van der Waals surface area contributed by atoms with Crippen LogP contribution in [0.1, 0.15) is 31.7 Å². The van der Waals surface area contributed by atoms with Gasteiger partial charge in [-0.15, -0.1) is 0 Å². The van der Waals surface area contributed by atoms with Crippen LogP contribution < -0.4 is 4.72 Å². The van der Waals surface area contributed by atoms with Crippen molar-refractivity contribution >= 4 is 10.0 Å². The molecule has 2 atom stereocenters. The molecule has 1 aliphatic rings. The third kappa shape index (κ3) is 3.11. The largest absolute Gasteiger partial charge is 0.240 e. The molecule has 1 aliphatic carbocycles. The van der Waals surface area contributed by atoms with Crippen molar-refractivity contribution in [1.29, 1.82) is 5.26 Å². The number of hydrogen-bond donors (Lipinski definition) is 1. The summed E-state index contributed by atoms with van der Waals surface area (Å²) in [5.74, 6) is -0.313. The number of benzene rings is 1. The molecule has 4 nitrogen and oxygen atoms in total. The van der Waals surface area contributed by atoms with E-state index in [1.165, 1.54) is 6.07 Å². The van der Waals surface area contributed by atoms with Gasteiger partial charge in [-0.25, -0.2) is 17.5 Å². The van der Waals surface area contributed by atoms with Crippen LogP contribution in [0.2, 0.25) is 0 Å². The van der Waals surface area contributed by atoms with E-state index in [1.807, 2.05) is 0 Å². The molecular weight excluding hydrogens is 267 g/mol. The molecule has 0 amide bonds. The molecule has 0 saturated heterocycles. The standard InChI is InChI=1S/C13H15FN2O2S/c1-2-3-9-7-13(9)16-19(17,18)11-4-5-12(14)10(6-11)8-15/h4-6,9,13,16H,2-3,7H2,1H3. The molecule has 0 heterocycles. The molecule has 2 unspecified atom stereocenters. The van der Waals surface area contributed by atoms with E-state index >= 15 is 0 Å². The van der Waals surface area contributed by atoms with Crippen molar-refractivity contribution in [2.75, 3.05) is 0 Å². The Bertz CT molecular complexity index is 622. The summed E-state index contributed by atoms with van der Waals surface area (Å²) in [4.78, 5) is -0.0624. The zero-order valence-electron chi connectivity index (χ0n) is 10.6. The average molecular weight is 282 g/mol. The van der Waals surface area contributed by atoms with Crippen LogP contribution in [0.4, 0.5) is 4.39 Å². The topological polar surface area (TPSA) is 70.0 Å². The van der Waals surface area contributed by atoms with Gasteiger partial charge < -0.3 is 0 Å². The lowest BCUT2D eigenvalue weighted by molar-refractivity contribution is 0.572. The molecule has 19 heavy (non-hydrogen) atoms. The maximum atomic E-state index is 13.2. The highest BCUT2D eigenvalue weighted by atomic mass is 32.2. The summed E-state index contributed by atoms with van der Waals surface area (Å²) in [6.07, 6.45) is 2.87. The predicted octanol–water partition coefficient (Wildman–Crippen LogP) is 2.16. The van der Waals surface area contributed by atoms with Crippen molar-refractivity contribution in [3.8, 4) is 6.07 Å². The summed E-state index contributed by atoms with van der Waals surface area (Å²) in [7, 11) is -3.67. The Morgan fingerprint density at radius 2 is 2.26 bits per heavy atom. The second kappa shape index (κ2) is 5.27. The highest BCUT2D eigenvalue weighted by Crippen LogP contribution is 2.35. The number of hydrogen-bond acceptors (Lipinski definition) is 3. The van der Waals surface area contributed by atoms with E-state index in [-0.39, 0.29) is 16.5 Å². The molecule has 102 valence electrons. The SMILES string of the molecule is CCCC1CC1NS(=O)(=O)c1ccc(F)c(C#N)c1. The Kier molecular flexibility index (Phi) is 3.88. The Labute approximate surface area is 112 Å². The minimum Gasteiger partial charge on any atom is -0.208 e. The lowest BCUT2D eigenvalue weighted by Gasteiger charge is -2.06. The van der Waals surface area contributed by atoms with Crippen LogP contribution in [0.25, 0.3) is 0 Å². The van der Waals surface area contributed by atoms with E-state index in [4.69, 9.17) is 5.26 Å². The Hall–Kier alpha value is -1.45. The number of sulfonamides is 1. The van der Waals surface area contributed by atoms with E-state index in [1.54, 1.807) is 6.07 Å². The minimum absolute atomic E-state index is 0.0273. The van der Waals surface area contributed by atoms with E-state index in [0.717, 1.165) is 31.4 Å². The maximum Gasteiger partial charge on any atom is 0.240 e. The minimum atomic E-state index is -3.67. The maximum absolute atomic E-state index is 13.2. The van der Waals surface area contributed by atoms with Gasteiger partial charge in [-0.1, -0.05) is 13.3 Å². The Balaban J connectivity index is 2.15. The molecule has 6 heteroatoms. The van der Waals surface area contributed by atoms with E-state index in [9.17, 15) is 12.8 Å². The van der Waals surface area contributed by atoms with Crippen molar-refractivity contribution in [3.05, 3.63) is 29.6 Å². The highest BCUT2D eigenvalue weighted by Gasteiger charge is 2.39. The van der Waals surface area contributed by atoms with Crippen LogP contribution in [0, 0.1) is 23.1 Å². The number of halogens is 1. The fourth-order valence-corrected chi connectivity index (χ4v) is 3.45. The van der Waals surface area contributed by atoms with Gasteiger partial charge in [-0.2, -0.15) is 5.26 Å². The molecule has 0 spiro atoms. The summed E-state index contributed by atoms with van der Waals surface area (Å²) >= 11 is 0. The van der Waals surface area contributed by atoms with Gasteiger partial charge in [-0.05, 0) is 37.0 Å². The zero-order chi connectivity index (χ0) is 14.0. The molecular formula is C13H15FN2O2S. The van der Waals surface area contributed by atoms with Crippen molar-refractivity contribution in [1.82, 2.24) is 4.72 Å². The molecule has 1 aromatic carbocycles. The van der Waals surface area contributed by atoms with E-state index < -0.39 is 15.8 Å². The van der Waals surface area contributed by atoms with Crippen molar-refractivity contribution in [2.24, 2.45) is 5.92 Å². The second-order valence-corrected chi connectivity index (χ2v) is 6.48. The number of nitriles is 1. The monoisotopic (exact) mass is 282 g/mol. The van der Waals surface area contributed by atoms with Gasteiger partial charge in [0.2, 0.25) is 10.0 Å². The third-order valence-electron chi connectivity index (χ3n) is 3.26. The predicted molar refractivity (Wildman–Crippen MR) is 68.2 cm³/mol. The first-order valence-corrected chi connectivity index (χ1v) is 7.68. The van der Waals surface area contributed by atoms with Crippen LogP contribution in [0.5, 0.6) is 0 Å². The quantitative estimate of drug-likeness (QED) is 0.899. The van der Waals surface area contributed by atoms with Crippen molar-refractivity contribution in [2.45, 2.75) is 37.1 Å². The van der Waals surface area contributed by atoms with E-state index in [2.05, 4.69) is 11.6 Å². The summed E-state index contributed by atoms with van der Waals surface area (Å²) in [5.41, 5.74) is -0.260. The van der Waals surface area contributed by atoms with E-state index in [0.29, 0.717) is 5.92 Å². The normalized spacial score (nSPS) is 21.9. The Morgan fingerprint density at radius 1 is 1.53 bits per heavy atom. The van der Waals surface area contributed by atoms with Gasteiger partial charge in [0.1, 0.15) is 11.9 Å². The van der Waals surface area contributed by atoms with Gasteiger partial charge in [0, 0.05) is 6.04 Å².